The van der Waals surface area contributed by atoms with Gasteiger partial charge in [-0.25, -0.2) is 5.26 Å². The maximum absolute atomic E-state index is 9.34. The van der Waals surface area contributed by atoms with Crippen LogP contribution in [0.25, 0.3) is 0 Å². The van der Waals surface area contributed by atoms with Crippen LogP contribution >= 0.6 is 0 Å². The highest BCUT2D eigenvalue weighted by molar-refractivity contribution is 6.46. The van der Waals surface area contributed by atoms with Crippen LogP contribution in [-0.4, -0.2) is 12.4 Å². The Morgan fingerprint density at radius 1 is 1.47 bits per heavy atom. The van der Waals surface area contributed by atoms with Crippen LogP contribution in [-0.2, 0) is 6.42 Å². The summed E-state index contributed by atoms with van der Waals surface area (Å²) in [5, 5.41) is 18.1. The van der Waals surface area contributed by atoms with Crippen molar-refractivity contribution in [3.05, 3.63) is 23.8 Å². The van der Waals surface area contributed by atoms with E-state index in [1.807, 2.05) is 6.07 Å². The van der Waals surface area contributed by atoms with Crippen molar-refractivity contribution in [2.45, 2.75) is 32.5 Å². The predicted octanol–water partition coefficient (Wildman–Crippen LogP) is 2.54. The molecule has 1 aromatic carbocycles. The zero-order valence-corrected chi connectivity index (χ0v) is 10.4. The van der Waals surface area contributed by atoms with Gasteiger partial charge in [-0.2, -0.15) is 0 Å². The quantitative estimate of drug-likeness (QED) is 0.463. The Morgan fingerprint density at radius 3 is 2.71 bits per heavy atom. The van der Waals surface area contributed by atoms with Crippen molar-refractivity contribution in [3.8, 4) is 11.7 Å². The summed E-state index contributed by atoms with van der Waals surface area (Å²) in [5.74, 6) is 3.02. The van der Waals surface area contributed by atoms with Crippen LogP contribution in [0.4, 0.5) is 5.69 Å². The number of phenolic OH excluding ortho intramolecular Hbond substituents is 1. The SMILES string of the molecule is CC(C)CC([B]C#N)Cc1ccc(O)c(N)c1. The summed E-state index contributed by atoms with van der Waals surface area (Å²) in [6, 6.07) is 5.22. The van der Waals surface area contributed by atoms with Crippen molar-refractivity contribution in [2.24, 2.45) is 5.92 Å². The zero-order chi connectivity index (χ0) is 12.8. The van der Waals surface area contributed by atoms with E-state index in [0.29, 0.717) is 11.6 Å². The lowest BCUT2D eigenvalue weighted by Gasteiger charge is -2.15. The number of aromatic hydroxyl groups is 1. The minimum Gasteiger partial charge on any atom is -0.506 e. The molecule has 0 aliphatic heterocycles. The molecule has 1 rings (SSSR count). The maximum Gasteiger partial charge on any atom is 0.258 e. The van der Waals surface area contributed by atoms with Gasteiger partial charge in [0.05, 0.1) is 5.69 Å². The van der Waals surface area contributed by atoms with Gasteiger partial charge in [0, 0.05) is 0 Å². The lowest BCUT2D eigenvalue weighted by atomic mass is 9.61. The number of anilines is 1. The van der Waals surface area contributed by atoms with Gasteiger partial charge in [-0.05, 0) is 41.8 Å². The summed E-state index contributed by atoms with van der Waals surface area (Å²) in [5.41, 5.74) is 7.09. The van der Waals surface area contributed by atoms with Gasteiger partial charge >= 0.3 is 0 Å². The number of nitrogens with two attached hydrogens (primary N) is 1. The minimum absolute atomic E-state index is 0.110. The standard InChI is InChI=1S/C13H18BN2O/c1-9(2)5-11(14-8-15)6-10-3-4-13(17)12(16)7-10/h3-4,7,9,11,17H,5-6,16H2,1-2H3. The van der Waals surface area contributed by atoms with Crippen LogP contribution in [0.5, 0.6) is 5.75 Å². The van der Waals surface area contributed by atoms with Crippen molar-refractivity contribution in [3.63, 3.8) is 0 Å². The molecule has 3 N–H and O–H groups in total. The molecule has 0 heterocycles. The Bertz CT molecular complexity index is 412. The molecular formula is C13H18BN2O. The Hall–Kier alpha value is -1.63. The Labute approximate surface area is 103 Å². The molecular weight excluding hydrogens is 211 g/mol. The first kappa shape index (κ1) is 13.4. The Morgan fingerprint density at radius 2 is 2.18 bits per heavy atom. The monoisotopic (exact) mass is 229 g/mol. The number of nitrogens with zero attached hydrogens (tertiary/aromatic N) is 1. The first-order valence-electron chi connectivity index (χ1n) is 5.83. The first-order chi connectivity index (χ1) is 8.02. The average molecular weight is 229 g/mol. The van der Waals surface area contributed by atoms with E-state index in [2.05, 4.69) is 19.8 Å². The third-order valence-corrected chi connectivity index (χ3v) is 2.67. The smallest absolute Gasteiger partial charge is 0.258 e. The molecule has 0 spiro atoms. The van der Waals surface area contributed by atoms with E-state index in [-0.39, 0.29) is 11.6 Å². The van der Waals surface area contributed by atoms with E-state index >= 15 is 0 Å². The number of rotatable bonds is 5. The largest absolute Gasteiger partial charge is 0.506 e. The third kappa shape index (κ3) is 4.40. The maximum atomic E-state index is 9.34. The topological polar surface area (TPSA) is 70.0 Å². The summed E-state index contributed by atoms with van der Waals surface area (Å²) >= 11 is 0. The van der Waals surface area contributed by atoms with Gasteiger partial charge in [0.2, 0.25) is 0 Å². The summed E-state index contributed by atoms with van der Waals surface area (Å²) in [7, 11) is 1.68. The van der Waals surface area contributed by atoms with Crippen LogP contribution in [0.2, 0.25) is 5.82 Å². The fourth-order valence-corrected chi connectivity index (χ4v) is 1.95. The Balaban J connectivity index is 2.72. The fraction of sp³-hybridized carbons (Fsp3) is 0.462. The molecule has 0 fully saturated rings. The zero-order valence-electron chi connectivity index (χ0n) is 10.4. The number of nitriles is 1. The molecule has 3 nitrogen and oxygen atoms in total. The van der Waals surface area contributed by atoms with E-state index in [0.717, 1.165) is 18.4 Å². The van der Waals surface area contributed by atoms with Crippen LogP contribution < -0.4 is 5.73 Å². The third-order valence-electron chi connectivity index (χ3n) is 2.67. The molecule has 0 saturated heterocycles. The van der Waals surface area contributed by atoms with Gasteiger partial charge in [0.15, 0.2) is 0 Å². The van der Waals surface area contributed by atoms with Crippen molar-refractivity contribution >= 4 is 13.0 Å². The van der Waals surface area contributed by atoms with E-state index in [1.165, 1.54) is 0 Å². The van der Waals surface area contributed by atoms with Gasteiger partial charge in [-0.3, -0.25) is 0 Å². The van der Waals surface area contributed by atoms with Crippen molar-refractivity contribution in [1.29, 1.82) is 5.26 Å². The second kappa shape index (κ2) is 6.19. The molecule has 4 heteroatoms. The number of hydrogen-bond acceptors (Lipinski definition) is 3. The molecule has 1 atom stereocenters. The second-order valence-corrected chi connectivity index (χ2v) is 4.78. The molecule has 17 heavy (non-hydrogen) atoms. The molecule has 0 aliphatic rings. The molecule has 0 bridgehead atoms. The summed E-state index contributed by atoms with van der Waals surface area (Å²) in [6.07, 6.45) is 1.77. The fourth-order valence-electron chi connectivity index (χ4n) is 1.95. The van der Waals surface area contributed by atoms with Crippen molar-refractivity contribution in [2.75, 3.05) is 5.73 Å². The van der Waals surface area contributed by atoms with Gasteiger partial charge in [-0.15, -0.1) is 0 Å². The summed E-state index contributed by atoms with van der Waals surface area (Å²) in [4.78, 5) is 0. The molecule has 1 unspecified atom stereocenters. The van der Waals surface area contributed by atoms with Crippen LogP contribution in [0, 0.1) is 17.1 Å². The summed E-state index contributed by atoms with van der Waals surface area (Å²) in [6.45, 7) is 4.28. The van der Waals surface area contributed by atoms with Crippen LogP contribution in [0.15, 0.2) is 18.2 Å². The molecule has 1 aromatic rings. The number of benzene rings is 1. The molecule has 0 aromatic heterocycles. The van der Waals surface area contributed by atoms with Crippen LogP contribution in [0.1, 0.15) is 25.8 Å². The van der Waals surface area contributed by atoms with E-state index < -0.39 is 0 Å². The van der Waals surface area contributed by atoms with Gasteiger partial charge in [-0.1, -0.05) is 26.3 Å². The van der Waals surface area contributed by atoms with Gasteiger partial charge < -0.3 is 10.8 Å². The highest BCUT2D eigenvalue weighted by Crippen LogP contribution is 2.26. The number of hydrogen-bond donors (Lipinski definition) is 2. The molecule has 1 radical (unpaired) electrons. The molecule has 0 aliphatic carbocycles. The second-order valence-electron chi connectivity index (χ2n) is 4.78. The molecule has 0 amide bonds. The van der Waals surface area contributed by atoms with Crippen molar-refractivity contribution < 1.29 is 5.11 Å². The van der Waals surface area contributed by atoms with Crippen molar-refractivity contribution in [1.82, 2.24) is 0 Å². The van der Waals surface area contributed by atoms with E-state index in [4.69, 9.17) is 11.0 Å². The number of phenols is 1. The summed E-state index contributed by atoms with van der Waals surface area (Å²) < 4.78 is 0. The molecule has 89 valence electrons. The van der Waals surface area contributed by atoms with E-state index in [9.17, 15) is 5.11 Å². The predicted molar refractivity (Wildman–Crippen MR) is 70.8 cm³/mol. The van der Waals surface area contributed by atoms with E-state index in [1.54, 1.807) is 19.4 Å². The lowest BCUT2D eigenvalue weighted by Crippen LogP contribution is -2.09. The van der Waals surface area contributed by atoms with Gasteiger partial charge in [0.25, 0.3) is 7.28 Å². The number of nitrogen functional groups attached to an aromatic ring is 1. The lowest BCUT2D eigenvalue weighted by molar-refractivity contribution is 0.477. The normalized spacial score (nSPS) is 12.1. The highest BCUT2D eigenvalue weighted by atomic mass is 16.3. The average Bonchev–Trinajstić information content (AvgIpc) is 2.23. The minimum atomic E-state index is 0.110. The highest BCUT2D eigenvalue weighted by Gasteiger charge is 2.14. The molecule has 0 saturated carbocycles. The van der Waals surface area contributed by atoms with Gasteiger partial charge in [0.1, 0.15) is 5.75 Å². The van der Waals surface area contributed by atoms with Crippen LogP contribution in [0.3, 0.4) is 0 Å². The first-order valence-corrected chi connectivity index (χ1v) is 5.83. The Kier molecular flexibility index (Phi) is 4.90.